The Morgan fingerprint density at radius 3 is 2.31 bits per heavy atom. The van der Waals surface area contributed by atoms with Gasteiger partial charge in [-0.3, -0.25) is 0 Å². The summed E-state index contributed by atoms with van der Waals surface area (Å²) in [5.74, 6) is -0.686. The number of nitrogens with zero attached hydrogens (tertiary/aromatic N) is 1. The number of ether oxygens (including phenoxy) is 1. The van der Waals surface area contributed by atoms with Crippen molar-refractivity contribution in [1.82, 2.24) is 4.98 Å². The van der Waals surface area contributed by atoms with E-state index in [0.717, 1.165) is 7.11 Å². The fourth-order valence-corrected chi connectivity index (χ4v) is 1.06. The molecule has 0 bridgehead atoms. The van der Waals surface area contributed by atoms with Gasteiger partial charge in [0.1, 0.15) is 5.69 Å². The van der Waals surface area contributed by atoms with Crippen molar-refractivity contribution in [2.24, 2.45) is 0 Å². The van der Waals surface area contributed by atoms with Crippen LogP contribution in [0.2, 0.25) is 0 Å². The first kappa shape index (κ1) is 12.5. The van der Waals surface area contributed by atoms with E-state index in [1.54, 1.807) is 0 Å². The number of hydrogen-bond donors (Lipinski definition) is 1. The number of hydrogen-bond acceptors (Lipinski definition) is 3. The number of alkyl halides is 5. The molecule has 0 aromatic carbocycles. The van der Waals surface area contributed by atoms with Crippen molar-refractivity contribution in [3.8, 4) is 5.75 Å². The summed E-state index contributed by atoms with van der Waals surface area (Å²) < 4.78 is 66.1. The highest BCUT2D eigenvalue weighted by Gasteiger charge is 2.38. The maximum atomic E-state index is 12.4. The SMILES string of the molecule is COc1cc(N)c(C(F)F)nc1C(F)(F)F. The zero-order valence-electron chi connectivity index (χ0n) is 7.98. The Hall–Kier alpha value is -1.60. The quantitative estimate of drug-likeness (QED) is 0.811. The fourth-order valence-electron chi connectivity index (χ4n) is 1.06. The Balaban J connectivity index is 3.41. The van der Waals surface area contributed by atoms with Gasteiger partial charge in [-0.05, 0) is 0 Å². The molecule has 1 rings (SSSR count). The lowest BCUT2D eigenvalue weighted by Gasteiger charge is -2.13. The summed E-state index contributed by atoms with van der Waals surface area (Å²) in [6.07, 6.45) is -8.05. The molecule has 0 radical (unpaired) electrons. The van der Waals surface area contributed by atoms with Gasteiger partial charge in [0.05, 0.1) is 12.8 Å². The summed E-state index contributed by atoms with van der Waals surface area (Å²) in [7, 11) is 0.966. The summed E-state index contributed by atoms with van der Waals surface area (Å²) in [6.45, 7) is 0. The van der Waals surface area contributed by atoms with Gasteiger partial charge in [0, 0.05) is 6.07 Å². The molecule has 0 fully saturated rings. The second-order valence-electron chi connectivity index (χ2n) is 2.81. The summed E-state index contributed by atoms with van der Waals surface area (Å²) in [5.41, 5.74) is 1.96. The van der Waals surface area contributed by atoms with Crippen LogP contribution in [0.15, 0.2) is 6.07 Å². The van der Waals surface area contributed by atoms with Crippen LogP contribution in [0.4, 0.5) is 27.6 Å². The first-order chi connectivity index (χ1) is 7.27. The molecule has 0 aliphatic carbocycles. The lowest BCUT2D eigenvalue weighted by molar-refractivity contribution is -0.142. The van der Waals surface area contributed by atoms with Gasteiger partial charge in [-0.1, -0.05) is 0 Å². The monoisotopic (exact) mass is 242 g/mol. The lowest BCUT2D eigenvalue weighted by Crippen LogP contribution is -2.13. The number of pyridine rings is 1. The number of methoxy groups -OCH3 is 1. The molecule has 0 aliphatic heterocycles. The van der Waals surface area contributed by atoms with Crippen molar-refractivity contribution in [2.75, 3.05) is 12.8 Å². The molecule has 1 aromatic rings. The lowest BCUT2D eigenvalue weighted by atomic mass is 10.2. The summed E-state index contributed by atoms with van der Waals surface area (Å²) in [4.78, 5) is 2.79. The average molecular weight is 242 g/mol. The zero-order chi connectivity index (χ0) is 12.5. The number of anilines is 1. The van der Waals surface area contributed by atoms with E-state index >= 15 is 0 Å². The number of rotatable bonds is 2. The van der Waals surface area contributed by atoms with E-state index in [1.165, 1.54) is 0 Å². The molecule has 2 N–H and O–H groups in total. The van der Waals surface area contributed by atoms with Crippen molar-refractivity contribution < 1.29 is 26.7 Å². The number of nitrogens with two attached hydrogens (primary N) is 1. The second-order valence-corrected chi connectivity index (χ2v) is 2.81. The van der Waals surface area contributed by atoms with Gasteiger partial charge in [-0.25, -0.2) is 13.8 Å². The van der Waals surface area contributed by atoms with E-state index in [9.17, 15) is 22.0 Å². The third kappa shape index (κ3) is 2.31. The van der Waals surface area contributed by atoms with Gasteiger partial charge in [0.15, 0.2) is 11.4 Å². The van der Waals surface area contributed by atoms with Gasteiger partial charge in [0.25, 0.3) is 6.43 Å². The molecular formula is C8H7F5N2O. The van der Waals surface area contributed by atoms with Crippen molar-refractivity contribution in [1.29, 1.82) is 0 Å². The van der Waals surface area contributed by atoms with E-state index in [4.69, 9.17) is 5.73 Å². The average Bonchev–Trinajstić information content (AvgIpc) is 2.14. The van der Waals surface area contributed by atoms with Gasteiger partial charge in [0.2, 0.25) is 0 Å². The third-order valence-corrected chi connectivity index (χ3v) is 1.74. The van der Waals surface area contributed by atoms with Crippen LogP contribution in [0.3, 0.4) is 0 Å². The second kappa shape index (κ2) is 4.11. The maximum Gasteiger partial charge on any atom is 0.437 e. The van der Waals surface area contributed by atoms with Crippen molar-refractivity contribution in [3.63, 3.8) is 0 Å². The molecule has 1 heterocycles. The van der Waals surface area contributed by atoms with Crippen LogP contribution in [0.5, 0.6) is 5.75 Å². The highest BCUT2D eigenvalue weighted by atomic mass is 19.4. The third-order valence-electron chi connectivity index (χ3n) is 1.74. The normalized spacial score (nSPS) is 11.9. The minimum absolute atomic E-state index is 0.542. The molecule has 1 aromatic heterocycles. The number of aromatic nitrogens is 1. The molecule has 0 atom stereocenters. The zero-order valence-corrected chi connectivity index (χ0v) is 7.98. The summed E-state index contributed by atoms with van der Waals surface area (Å²) >= 11 is 0. The van der Waals surface area contributed by atoms with Gasteiger partial charge >= 0.3 is 6.18 Å². The molecule has 0 spiro atoms. The van der Waals surface area contributed by atoms with Gasteiger partial charge in [-0.2, -0.15) is 13.2 Å². The first-order valence-corrected chi connectivity index (χ1v) is 3.97. The first-order valence-electron chi connectivity index (χ1n) is 3.97. The van der Waals surface area contributed by atoms with E-state index < -0.39 is 35.4 Å². The molecule has 0 unspecified atom stereocenters. The van der Waals surface area contributed by atoms with Crippen LogP contribution >= 0.6 is 0 Å². The van der Waals surface area contributed by atoms with E-state index in [-0.39, 0.29) is 0 Å². The van der Waals surface area contributed by atoms with Crippen LogP contribution in [-0.2, 0) is 6.18 Å². The smallest absolute Gasteiger partial charge is 0.437 e. The van der Waals surface area contributed by atoms with Crippen molar-refractivity contribution in [2.45, 2.75) is 12.6 Å². The number of halogens is 5. The van der Waals surface area contributed by atoms with Crippen LogP contribution in [0, 0.1) is 0 Å². The summed E-state index contributed by atoms with van der Waals surface area (Å²) in [6, 6.07) is 0.678. The van der Waals surface area contributed by atoms with Crippen molar-refractivity contribution >= 4 is 5.69 Å². The van der Waals surface area contributed by atoms with Gasteiger partial charge in [-0.15, -0.1) is 0 Å². The Morgan fingerprint density at radius 1 is 1.38 bits per heavy atom. The predicted molar refractivity (Wildman–Crippen MR) is 45.2 cm³/mol. The van der Waals surface area contributed by atoms with Crippen LogP contribution in [0.25, 0.3) is 0 Å². The van der Waals surface area contributed by atoms with E-state index in [0.29, 0.717) is 6.07 Å². The minimum Gasteiger partial charge on any atom is -0.494 e. The Bertz CT molecular complexity index is 391. The molecule has 8 heteroatoms. The molecule has 3 nitrogen and oxygen atoms in total. The van der Waals surface area contributed by atoms with Crippen molar-refractivity contribution in [3.05, 3.63) is 17.5 Å². The Labute approximate surface area is 87.0 Å². The molecule has 0 saturated heterocycles. The highest BCUT2D eigenvalue weighted by molar-refractivity contribution is 5.51. The molecule has 90 valence electrons. The van der Waals surface area contributed by atoms with Crippen LogP contribution < -0.4 is 10.5 Å². The van der Waals surface area contributed by atoms with Crippen LogP contribution in [-0.4, -0.2) is 12.1 Å². The van der Waals surface area contributed by atoms with E-state index in [2.05, 4.69) is 9.72 Å². The minimum atomic E-state index is -4.87. The molecular weight excluding hydrogens is 235 g/mol. The molecule has 0 saturated carbocycles. The Morgan fingerprint density at radius 2 is 1.94 bits per heavy atom. The molecule has 0 aliphatic rings. The van der Waals surface area contributed by atoms with Gasteiger partial charge < -0.3 is 10.5 Å². The topological polar surface area (TPSA) is 48.1 Å². The summed E-state index contributed by atoms with van der Waals surface area (Å²) in [5, 5.41) is 0. The highest BCUT2D eigenvalue weighted by Crippen LogP contribution is 2.38. The van der Waals surface area contributed by atoms with E-state index in [1.807, 2.05) is 0 Å². The predicted octanol–water partition coefficient (Wildman–Crippen LogP) is 2.63. The standard InChI is InChI=1S/C8H7F5N2O/c1-16-4-2-3(14)5(7(9)10)15-6(4)8(11,12)13/h2,7H,14H2,1H3. The molecule has 16 heavy (non-hydrogen) atoms. The Kier molecular flexibility index (Phi) is 3.20. The number of nitrogen functional groups attached to an aromatic ring is 1. The fraction of sp³-hybridized carbons (Fsp3) is 0.375. The molecule has 0 amide bonds. The maximum absolute atomic E-state index is 12.4. The largest absolute Gasteiger partial charge is 0.494 e. The van der Waals surface area contributed by atoms with Crippen LogP contribution in [0.1, 0.15) is 17.8 Å².